The zero-order valence-corrected chi connectivity index (χ0v) is 28.4. The van der Waals surface area contributed by atoms with Gasteiger partial charge in [0, 0.05) is 60.2 Å². The number of aromatic nitrogens is 3. The van der Waals surface area contributed by atoms with Crippen LogP contribution in [0.2, 0.25) is 5.02 Å². The minimum absolute atomic E-state index is 0.0265. The lowest BCUT2D eigenvalue weighted by Gasteiger charge is -2.42. The van der Waals surface area contributed by atoms with E-state index in [4.69, 9.17) is 21.3 Å². The van der Waals surface area contributed by atoms with Crippen molar-refractivity contribution in [3.05, 3.63) is 117 Å². The molecule has 1 fully saturated rings. The number of benzene rings is 2. The summed E-state index contributed by atoms with van der Waals surface area (Å²) in [6, 6.07) is 17.7. The molecule has 46 heavy (non-hydrogen) atoms. The summed E-state index contributed by atoms with van der Waals surface area (Å²) in [5.74, 6) is -0.00268. The molecular weight excluding hydrogens is 666 g/mol. The molecule has 0 spiro atoms. The second-order valence-corrected chi connectivity index (χ2v) is 13.5. The molecule has 2 aromatic heterocycles. The molecule has 4 aromatic rings. The first-order valence-electron chi connectivity index (χ1n) is 16.1. The predicted molar refractivity (Wildman–Crippen MR) is 182 cm³/mol. The van der Waals surface area contributed by atoms with Crippen LogP contribution in [0.5, 0.6) is 0 Å². The molecule has 6 rings (SSSR count). The zero-order valence-electron chi connectivity index (χ0n) is 26.0. The molecular formula is C36H39BrClN5O3. The van der Waals surface area contributed by atoms with Gasteiger partial charge in [-0.15, -0.1) is 0 Å². The summed E-state index contributed by atoms with van der Waals surface area (Å²) in [5, 5.41) is 0.718. The Balaban J connectivity index is 1.34. The topological polar surface area (TPSA) is 80.6 Å². The minimum Gasteiger partial charge on any atom is -0.450 e. The molecule has 0 radical (unpaired) electrons. The molecule has 8 nitrogen and oxygen atoms in total. The van der Waals surface area contributed by atoms with E-state index in [0.29, 0.717) is 26.1 Å². The number of pyridine rings is 1. The van der Waals surface area contributed by atoms with E-state index in [1.54, 1.807) is 24.3 Å². The van der Waals surface area contributed by atoms with Crippen LogP contribution in [0, 0.1) is 5.92 Å². The second kappa shape index (κ2) is 14.8. The van der Waals surface area contributed by atoms with Gasteiger partial charge < -0.3 is 14.2 Å². The van der Waals surface area contributed by atoms with Crippen LogP contribution in [-0.2, 0) is 35.5 Å². The molecule has 2 amide bonds. The summed E-state index contributed by atoms with van der Waals surface area (Å²) < 4.78 is 8.47. The number of hydrogen-bond acceptors (Lipinski definition) is 5. The summed E-state index contributed by atoms with van der Waals surface area (Å²) in [4.78, 5) is 40.8. The summed E-state index contributed by atoms with van der Waals surface area (Å²) in [6.45, 7) is 4.23. The molecule has 2 aromatic carbocycles. The van der Waals surface area contributed by atoms with Gasteiger partial charge in [0.2, 0.25) is 5.91 Å². The van der Waals surface area contributed by atoms with Gasteiger partial charge in [-0.3, -0.25) is 14.7 Å². The lowest BCUT2D eigenvalue weighted by Crippen LogP contribution is -2.55. The number of carbonyl (C=O) groups is 2. The van der Waals surface area contributed by atoms with Gasteiger partial charge in [-0.1, -0.05) is 48.0 Å². The van der Waals surface area contributed by atoms with Crippen LogP contribution in [0.3, 0.4) is 0 Å². The average molecular weight is 705 g/mol. The number of halogens is 2. The molecule has 0 N–H and O–H groups in total. The van der Waals surface area contributed by atoms with Gasteiger partial charge in [0.1, 0.15) is 6.04 Å². The lowest BCUT2D eigenvalue weighted by atomic mass is 9.74. The Hall–Kier alpha value is -3.69. The summed E-state index contributed by atoms with van der Waals surface area (Å²) in [7, 11) is 0. The third-order valence-corrected chi connectivity index (χ3v) is 9.87. The first-order valence-corrected chi connectivity index (χ1v) is 17.2. The molecule has 1 saturated heterocycles. The highest BCUT2D eigenvalue weighted by Gasteiger charge is 2.43. The minimum atomic E-state index is -0.660. The van der Waals surface area contributed by atoms with E-state index in [0.717, 1.165) is 53.0 Å². The van der Waals surface area contributed by atoms with E-state index in [1.807, 2.05) is 58.3 Å². The number of amides is 2. The predicted octanol–water partition coefficient (Wildman–Crippen LogP) is 7.28. The fourth-order valence-corrected chi connectivity index (χ4v) is 7.63. The smallest absolute Gasteiger partial charge is 0.410 e. The van der Waals surface area contributed by atoms with E-state index in [-0.39, 0.29) is 24.3 Å². The molecule has 2 unspecified atom stereocenters. The van der Waals surface area contributed by atoms with Crippen molar-refractivity contribution < 1.29 is 14.3 Å². The second-order valence-electron chi connectivity index (χ2n) is 12.1. The van der Waals surface area contributed by atoms with Gasteiger partial charge in [-0.2, -0.15) is 0 Å². The van der Waals surface area contributed by atoms with Crippen molar-refractivity contribution in [2.24, 2.45) is 5.92 Å². The fourth-order valence-electron chi connectivity index (χ4n) is 7.06. The number of carbonyl (C=O) groups excluding carboxylic acids is 2. The highest BCUT2D eigenvalue weighted by molar-refractivity contribution is 9.10. The van der Waals surface area contributed by atoms with E-state index in [2.05, 4.69) is 39.1 Å². The molecule has 1 aliphatic carbocycles. The Morgan fingerprint density at radius 3 is 2.72 bits per heavy atom. The molecule has 0 bridgehead atoms. The third-order valence-electron chi connectivity index (χ3n) is 9.20. The Morgan fingerprint density at radius 1 is 1.11 bits per heavy atom. The van der Waals surface area contributed by atoms with E-state index in [1.165, 1.54) is 16.7 Å². The quantitative estimate of drug-likeness (QED) is 0.183. The van der Waals surface area contributed by atoms with Crippen LogP contribution in [0.1, 0.15) is 60.1 Å². The Bertz CT molecular complexity index is 1600. The van der Waals surface area contributed by atoms with Gasteiger partial charge >= 0.3 is 6.09 Å². The average Bonchev–Trinajstić information content (AvgIpc) is 3.53. The van der Waals surface area contributed by atoms with Gasteiger partial charge in [-0.25, -0.2) is 9.78 Å². The number of fused-ring (bicyclic) bond motifs is 2. The summed E-state index contributed by atoms with van der Waals surface area (Å²) >= 11 is 10.1. The number of piperidine rings is 1. The van der Waals surface area contributed by atoms with Crippen molar-refractivity contribution >= 4 is 39.5 Å². The molecule has 240 valence electrons. The first kappa shape index (κ1) is 32.3. The van der Waals surface area contributed by atoms with Crippen LogP contribution >= 0.6 is 27.5 Å². The zero-order chi connectivity index (χ0) is 32.0. The van der Waals surface area contributed by atoms with E-state index in [9.17, 15) is 9.59 Å². The Labute approximate surface area is 283 Å². The Morgan fingerprint density at radius 2 is 1.93 bits per heavy atom. The van der Waals surface area contributed by atoms with E-state index >= 15 is 0 Å². The van der Waals surface area contributed by atoms with Crippen molar-refractivity contribution in [3.63, 3.8) is 0 Å². The maximum Gasteiger partial charge on any atom is 0.410 e. The highest BCUT2D eigenvalue weighted by Crippen LogP contribution is 2.44. The van der Waals surface area contributed by atoms with Crippen LogP contribution in [0.25, 0.3) is 0 Å². The maximum absolute atomic E-state index is 14.7. The fraction of sp³-hybridized carbons (Fsp3) is 0.389. The number of imidazole rings is 1. The largest absolute Gasteiger partial charge is 0.450 e. The SMILES string of the molecule is CCOC(=O)N1CCC([C@H]2c3ccc(Cl)cc3CCc3cc(Br)cnc32)CC1C(=O)N(CCCn1ccnc1)Cc1ccccc1. The number of likely N-dealkylation sites (tertiary alicyclic amines) is 1. The van der Waals surface area contributed by atoms with Crippen molar-refractivity contribution in [3.8, 4) is 0 Å². The number of ether oxygens (including phenoxy) is 1. The van der Waals surface area contributed by atoms with Crippen molar-refractivity contribution in [2.75, 3.05) is 19.7 Å². The van der Waals surface area contributed by atoms with Gasteiger partial charge in [0.25, 0.3) is 0 Å². The van der Waals surface area contributed by atoms with Gasteiger partial charge in [-0.05, 0) is 101 Å². The number of hydrogen-bond donors (Lipinski definition) is 0. The molecule has 0 saturated carbocycles. The van der Waals surface area contributed by atoms with Crippen LogP contribution < -0.4 is 0 Å². The number of aryl methyl sites for hydroxylation is 3. The molecule has 3 heterocycles. The van der Waals surface area contributed by atoms with Crippen LogP contribution in [-0.4, -0.2) is 62.1 Å². The van der Waals surface area contributed by atoms with Gasteiger partial charge in [0.05, 0.1) is 18.6 Å². The molecule has 10 heteroatoms. The lowest BCUT2D eigenvalue weighted by molar-refractivity contribution is -0.139. The monoisotopic (exact) mass is 703 g/mol. The van der Waals surface area contributed by atoms with Crippen molar-refractivity contribution in [1.29, 1.82) is 0 Å². The van der Waals surface area contributed by atoms with Crippen molar-refractivity contribution in [1.82, 2.24) is 24.3 Å². The van der Waals surface area contributed by atoms with Crippen LogP contribution in [0.15, 0.2) is 84.0 Å². The Kier molecular flexibility index (Phi) is 10.4. The standard InChI is InChI=1S/C36H39BrClN5O3/c1-2-46-36(45)43-17-13-27(33-31-12-11-30(38)20-26(31)9-10-28-19-29(37)22-40-34(28)33)21-32(43)35(44)42(23-25-7-4-3-5-8-25)16-6-15-41-18-14-39-24-41/h3-5,7-8,11-12,14,18-20,22,24,27,32-33H,2,6,9-10,13,15-17,21,23H2,1H3/t27?,32?,33-/m0/s1. The summed E-state index contributed by atoms with van der Waals surface area (Å²) in [5.41, 5.74) is 5.72. The molecule has 1 aliphatic heterocycles. The van der Waals surface area contributed by atoms with Crippen molar-refractivity contribution in [2.45, 2.75) is 64.1 Å². The normalized spacial score (nSPS) is 19.1. The van der Waals surface area contributed by atoms with Crippen LogP contribution in [0.4, 0.5) is 4.79 Å². The highest BCUT2D eigenvalue weighted by atomic mass is 79.9. The summed E-state index contributed by atoms with van der Waals surface area (Å²) in [6.07, 6.45) is 10.6. The number of nitrogens with zero attached hydrogens (tertiary/aromatic N) is 5. The third kappa shape index (κ3) is 7.31. The maximum atomic E-state index is 14.7. The van der Waals surface area contributed by atoms with E-state index < -0.39 is 12.1 Å². The van der Waals surface area contributed by atoms with Gasteiger partial charge in [0.15, 0.2) is 0 Å². The molecule has 3 atom stereocenters. The number of rotatable bonds is 9. The first-order chi connectivity index (χ1) is 22.4. The molecule has 2 aliphatic rings.